The highest BCUT2D eigenvalue weighted by Gasteiger charge is 2.27. The first kappa shape index (κ1) is 14.3. The molecule has 1 N–H and O–H groups in total. The molecule has 1 atom stereocenters. The number of fused-ring (bicyclic) bond motifs is 1. The average Bonchev–Trinajstić information content (AvgIpc) is 2.84. The van der Waals surface area contributed by atoms with Crippen molar-refractivity contribution in [3.8, 4) is 0 Å². The Morgan fingerprint density at radius 3 is 3.05 bits per heavy atom. The molecule has 0 aliphatic carbocycles. The van der Waals surface area contributed by atoms with Gasteiger partial charge in [-0.15, -0.1) is 12.4 Å². The molecular formula is C14H19ClN2O2. The molecular weight excluding hydrogens is 264 g/mol. The van der Waals surface area contributed by atoms with Crippen molar-refractivity contribution in [2.45, 2.75) is 18.9 Å². The van der Waals surface area contributed by atoms with Gasteiger partial charge in [0.15, 0.2) is 0 Å². The zero-order chi connectivity index (χ0) is 12.4. The van der Waals surface area contributed by atoms with Crippen molar-refractivity contribution in [1.82, 2.24) is 5.32 Å². The number of halogens is 1. The van der Waals surface area contributed by atoms with Gasteiger partial charge in [0.25, 0.3) is 0 Å². The molecule has 1 amide bonds. The number of hydrogen-bond donors (Lipinski definition) is 1. The first-order chi connectivity index (χ1) is 8.84. The Morgan fingerprint density at radius 2 is 2.26 bits per heavy atom. The summed E-state index contributed by atoms with van der Waals surface area (Å²) in [5.41, 5.74) is 2.35. The van der Waals surface area contributed by atoms with Gasteiger partial charge in [-0.3, -0.25) is 4.79 Å². The lowest BCUT2D eigenvalue weighted by molar-refractivity contribution is -0.121. The van der Waals surface area contributed by atoms with Crippen LogP contribution in [0.1, 0.15) is 12.0 Å². The number of ether oxygens (including phenoxy) is 1. The van der Waals surface area contributed by atoms with Crippen LogP contribution in [-0.2, 0) is 16.0 Å². The van der Waals surface area contributed by atoms with E-state index in [4.69, 9.17) is 4.74 Å². The maximum absolute atomic E-state index is 12.3. The topological polar surface area (TPSA) is 41.6 Å². The third-order valence-corrected chi connectivity index (χ3v) is 3.59. The molecule has 104 valence electrons. The Morgan fingerprint density at radius 1 is 1.42 bits per heavy atom. The third-order valence-electron chi connectivity index (χ3n) is 3.59. The summed E-state index contributed by atoms with van der Waals surface area (Å²) >= 11 is 0. The van der Waals surface area contributed by atoms with Crippen molar-refractivity contribution in [3.63, 3.8) is 0 Å². The molecule has 1 aromatic carbocycles. The minimum Gasteiger partial charge on any atom is -0.375 e. The lowest BCUT2D eigenvalue weighted by Crippen LogP contribution is -2.42. The second-order valence-corrected chi connectivity index (χ2v) is 4.83. The van der Waals surface area contributed by atoms with Crippen molar-refractivity contribution in [1.29, 1.82) is 0 Å². The van der Waals surface area contributed by atoms with Gasteiger partial charge in [-0.1, -0.05) is 18.2 Å². The van der Waals surface area contributed by atoms with Crippen LogP contribution in [-0.4, -0.2) is 38.3 Å². The van der Waals surface area contributed by atoms with Gasteiger partial charge in [-0.05, 0) is 18.1 Å². The average molecular weight is 283 g/mol. The molecule has 3 rings (SSSR count). The van der Waals surface area contributed by atoms with Gasteiger partial charge in [0.2, 0.25) is 5.91 Å². The maximum atomic E-state index is 12.3. The van der Waals surface area contributed by atoms with E-state index in [1.807, 2.05) is 23.1 Å². The van der Waals surface area contributed by atoms with Gasteiger partial charge >= 0.3 is 0 Å². The number of morpholine rings is 1. The molecule has 0 saturated carbocycles. The van der Waals surface area contributed by atoms with Crippen molar-refractivity contribution in [3.05, 3.63) is 29.8 Å². The molecule has 5 heteroatoms. The largest absolute Gasteiger partial charge is 0.375 e. The summed E-state index contributed by atoms with van der Waals surface area (Å²) in [6.07, 6.45) is 1.46. The van der Waals surface area contributed by atoms with E-state index in [9.17, 15) is 4.79 Å². The van der Waals surface area contributed by atoms with Gasteiger partial charge in [0, 0.05) is 25.3 Å². The number of amides is 1. The Balaban J connectivity index is 0.00000133. The number of nitrogens with one attached hydrogen (secondary N) is 1. The number of nitrogens with zero attached hydrogens (tertiary/aromatic N) is 1. The summed E-state index contributed by atoms with van der Waals surface area (Å²) in [5, 5.41) is 3.25. The quantitative estimate of drug-likeness (QED) is 0.891. The molecule has 0 bridgehead atoms. The fourth-order valence-corrected chi connectivity index (χ4v) is 2.65. The lowest BCUT2D eigenvalue weighted by atomic mass is 10.1. The summed E-state index contributed by atoms with van der Waals surface area (Å²) < 4.78 is 5.59. The van der Waals surface area contributed by atoms with Crippen LogP contribution >= 0.6 is 12.4 Å². The standard InChI is InChI=1S/C14H18N2O2.ClH/c17-14(9-12-10-15-6-8-18-12)16-7-5-11-3-1-2-4-13(11)16;/h1-4,12,15H,5-10H2;1H. The number of carbonyl (C=O) groups is 1. The van der Waals surface area contributed by atoms with Crippen molar-refractivity contribution in [2.75, 3.05) is 31.1 Å². The summed E-state index contributed by atoms with van der Waals surface area (Å²) in [5.74, 6) is 0.175. The van der Waals surface area contributed by atoms with E-state index in [0.29, 0.717) is 13.0 Å². The number of hydrogen-bond acceptors (Lipinski definition) is 3. The van der Waals surface area contributed by atoms with Gasteiger partial charge in [0.1, 0.15) is 0 Å². The number of benzene rings is 1. The summed E-state index contributed by atoms with van der Waals surface area (Å²) in [6, 6.07) is 8.14. The Kier molecular flexibility index (Phi) is 4.80. The molecule has 0 radical (unpaired) electrons. The zero-order valence-electron chi connectivity index (χ0n) is 10.8. The van der Waals surface area contributed by atoms with Gasteiger partial charge in [-0.2, -0.15) is 0 Å². The minimum atomic E-state index is 0. The van der Waals surface area contributed by atoms with Gasteiger partial charge < -0.3 is 15.0 Å². The minimum absolute atomic E-state index is 0. The molecule has 0 aromatic heterocycles. The van der Waals surface area contributed by atoms with Crippen LogP contribution in [0.4, 0.5) is 5.69 Å². The molecule has 1 fully saturated rings. The van der Waals surface area contributed by atoms with Crippen LogP contribution in [0.25, 0.3) is 0 Å². The molecule has 1 unspecified atom stereocenters. The van der Waals surface area contributed by atoms with Gasteiger partial charge in [0.05, 0.1) is 19.1 Å². The molecule has 2 aliphatic heterocycles. The second kappa shape index (κ2) is 6.37. The molecule has 2 aliphatic rings. The van der Waals surface area contributed by atoms with E-state index < -0.39 is 0 Å². The van der Waals surface area contributed by atoms with Crippen LogP contribution < -0.4 is 10.2 Å². The molecule has 19 heavy (non-hydrogen) atoms. The van der Waals surface area contributed by atoms with Crippen LogP contribution in [0.2, 0.25) is 0 Å². The number of para-hydroxylation sites is 1. The lowest BCUT2D eigenvalue weighted by Gasteiger charge is -2.25. The SMILES string of the molecule is Cl.O=C(CC1CNCCO1)N1CCc2ccccc21. The van der Waals surface area contributed by atoms with Crippen LogP contribution in [0.5, 0.6) is 0 Å². The molecule has 0 spiro atoms. The van der Waals surface area contributed by atoms with E-state index in [-0.39, 0.29) is 24.4 Å². The fourth-order valence-electron chi connectivity index (χ4n) is 2.65. The van der Waals surface area contributed by atoms with Gasteiger partial charge in [-0.25, -0.2) is 0 Å². The first-order valence-corrected chi connectivity index (χ1v) is 6.55. The molecule has 2 heterocycles. The number of carbonyl (C=O) groups excluding carboxylic acids is 1. The highest BCUT2D eigenvalue weighted by atomic mass is 35.5. The third kappa shape index (κ3) is 3.08. The fraction of sp³-hybridized carbons (Fsp3) is 0.500. The molecule has 4 nitrogen and oxygen atoms in total. The zero-order valence-corrected chi connectivity index (χ0v) is 11.6. The predicted molar refractivity (Wildman–Crippen MR) is 77.0 cm³/mol. The number of rotatable bonds is 2. The maximum Gasteiger partial charge on any atom is 0.229 e. The van der Waals surface area contributed by atoms with Crippen LogP contribution in [0, 0.1) is 0 Å². The molecule has 1 aromatic rings. The van der Waals surface area contributed by atoms with Crippen molar-refractivity contribution in [2.24, 2.45) is 0 Å². The molecule has 1 saturated heterocycles. The summed E-state index contributed by atoms with van der Waals surface area (Å²) in [6.45, 7) is 3.17. The summed E-state index contributed by atoms with van der Waals surface area (Å²) in [4.78, 5) is 14.2. The van der Waals surface area contributed by atoms with E-state index in [1.54, 1.807) is 0 Å². The first-order valence-electron chi connectivity index (χ1n) is 6.55. The predicted octanol–water partition coefficient (Wildman–Crippen LogP) is 1.38. The van der Waals surface area contributed by atoms with Crippen molar-refractivity contribution >= 4 is 24.0 Å². The smallest absolute Gasteiger partial charge is 0.229 e. The Bertz CT molecular complexity index is 447. The van der Waals surface area contributed by atoms with Crippen LogP contribution in [0.15, 0.2) is 24.3 Å². The van der Waals surface area contributed by atoms with E-state index >= 15 is 0 Å². The van der Waals surface area contributed by atoms with Crippen LogP contribution in [0.3, 0.4) is 0 Å². The van der Waals surface area contributed by atoms with Crippen molar-refractivity contribution < 1.29 is 9.53 Å². The number of anilines is 1. The monoisotopic (exact) mass is 282 g/mol. The second-order valence-electron chi connectivity index (χ2n) is 4.83. The highest BCUT2D eigenvalue weighted by Crippen LogP contribution is 2.28. The normalized spacial score (nSPS) is 21.7. The van der Waals surface area contributed by atoms with E-state index in [0.717, 1.165) is 31.7 Å². The Hall–Kier alpha value is -1.10. The highest BCUT2D eigenvalue weighted by molar-refractivity contribution is 5.95. The van der Waals surface area contributed by atoms with E-state index in [2.05, 4.69) is 11.4 Å². The Labute approximate surface area is 119 Å². The van der Waals surface area contributed by atoms with E-state index in [1.165, 1.54) is 5.56 Å². The summed E-state index contributed by atoms with van der Waals surface area (Å²) in [7, 11) is 0.